The third-order valence-corrected chi connectivity index (χ3v) is 8.65. The first-order valence-corrected chi connectivity index (χ1v) is 9.51. The maximum absolute atomic E-state index is 10.6. The van der Waals surface area contributed by atoms with E-state index in [0.717, 1.165) is 44.9 Å². The second-order valence-electron chi connectivity index (χ2n) is 9.47. The van der Waals surface area contributed by atoms with E-state index in [1.807, 2.05) is 0 Å². The van der Waals surface area contributed by atoms with Crippen LogP contribution in [0.1, 0.15) is 58.8 Å². The number of hydrogen-bond acceptors (Lipinski definition) is 4. The van der Waals surface area contributed by atoms with Gasteiger partial charge in [0.25, 0.3) is 0 Å². The van der Waals surface area contributed by atoms with Gasteiger partial charge in [0, 0.05) is 5.41 Å². The molecule has 0 aromatic carbocycles. The molecule has 0 aromatic rings. The normalized spacial score (nSPS) is 62.3. The van der Waals surface area contributed by atoms with E-state index in [9.17, 15) is 20.4 Å². The molecule has 0 heterocycles. The molecule has 3 unspecified atom stereocenters. The van der Waals surface area contributed by atoms with Gasteiger partial charge in [-0.05, 0) is 74.0 Å². The number of aliphatic hydroxyl groups excluding tert-OH is 4. The SMILES string of the molecule is C[C@]12CCC3C(CC[C@H]4C[C@H](O)CC[C@]34C)C1[C@@H](O)[C@@H](O)[C@@H]2O. The lowest BCUT2D eigenvalue weighted by atomic mass is 9.45. The largest absolute Gasteiger partial charge is 0.393 e. The van der Waals surface area contributed by atoms with Gasteiger partial charge in [0.1, 0.15) is 6.10 Å². The second kappa shape index (κ2) is 5.17. The number of aliphatic hydroxyl groups is 4. The monoisotopic (exact) mass is 324 g/mol. The lowest BCUT2D eigenvalue weighted by Crippen LogP contribution is -2.55. The summed E-state index contributed by atoms with van der Waals surface area (Å²) in [6, 6.07) is 0. The summed E-state index contributed by atoms with van der Waals surface area (Å²) in [5.74, 6) is 1.55. The molecule has 4 aliphatic carbocycles. The highest BCUT2D eigenvalue weighted by atomic mass is 16.4. The predicted octanol–water partition coefficient (Wildman–Crippen LogP) is 1.69. The van der Waals surface area contributed by atoms with Crippen LogP contribution in [0.4, 0.5) is 0 Å². The van der Waals surface area contributed by atoms with Crippen LogP contribution >= 0.6 is 0 Å². The standard InChI is InChI=1S/C19H32O4/c1-18-7-5-11(20)9-10(18)3-4-12-13(18)6-8-19(2)14(12)15(21)16(22)17(19)23/h10-17,20-23H,3-9H2,1-2H3/t10-,11+,12?,13?,14?,15+,16+,17-,18-,19-/m0/s1. The van der Waals surface area contributed by atoms with Crippen LogP contribution in [-0.4, -0.2) is 44.8 Å². The summed E-state index contributed by atoms with van der Waals surface area (Å²) in [5, 5.41) is 41.4. The van der Waals surface area contributed by atoms with E-state index in [2.05, 4.69) is 13.8 Å². The van der Waals surface area contributed by atoms with Crippen LogP contribution in [0.3, 0.4) is 0 Å². The Labute approximate surface area is 138 Å². The van der Waals surface area contributed by atoms with E-state index in [1.165, 1.54) is 0 Å². The molecule has 23 heavy (non-hydrogen) atoms. The van der Waals surface area contributed by atoms with Crippen molar-refractivity contribution < 1.29 is 20.4 Å². The van der Waals surface area contributed by atoms with E-state index < -0.39 is 18.3 Å². The van der Waals surface area contributed by atoms with E-state index in [0.29, 0.717) is 17.8 Å². The molecule has 0 bridgehead atoms. The maximum atomic E-state index is 10.6. The third kappa shape index (κ3) is 2.04. The van der Waals surface area contributed by atoms with Crippen LogP contribution in [0.5, 0.6) is 0 Å². The summed E-state index contributed by atoms with van der Waals surface area (Å²) in [4.78, 5) is 0. The molecule has 10 atom stereocenters. The summed E-state index contributed by atoms with van der Waals surface area (Å²) in [5.41, 5.74) is -0.0981. The predicted molar refractivity (Wildman–Crippen MR) is 86.5 cm³/mol. The van der Waals surface area contributed by atoms with Crippen LogP contribution in [-0.2, 0) is 0 Å². The Morgan fingerprint density at radius 3 is 2.22 bits per heavy atom. The second-order valence-corrected chi connectivity index (χ2v) is 9.47. The highest BCUT2D eigenvalue weighted by Gasteiger charge is 2.65. The molecule has 4 aliphatic rings. The molecule has 4 rings (SSSR count). The summed E-state index contributed by atoms with van der Waals surface area (Å²) in [6.07, 6.45) is 4.30. The quantitative estimate of drug-likeness (QED) is 0.547. The van der Waals surface area contributed by atoms with Crippen molar-refractivity contribution in [2.24, 2.45) is 34.5 Å². The van der Waals surface area contributed by atoms with Crippen molar-refractivity contribution in [3.05, 3.63) is 0 Å². The Kier molecular flexibility index (Phi) is 3.67. The first-order valence-electron chi connectivity index (χ1n) is 9.51. The van der Waals surface area contributed by atoms with Crippen LogP contribution in [0.15, 0.2) is 0 Å². The van der Waals surface area contributed by atoms with Gasteiger partial charge < -0.3 is 20.4 Å². The molecular formula is C19H32O4. The zero-order valence-electron chi connectivity index (χ0n) is 14.4. The van der Waals surface area contributed by atoms with Gasteiger partial charge in [-0.25, -0.2) is 0 Å². The van der Waals surface area contributed by atoms with Crippen LogP contribution in [0.25, 0.3) is 0 Å². The molecule has 0 aromatic heterocycles. The topological polar surface area (TPSA) is 80.9 Å². The number of rotatable bonds is 0. The Morgan fingerprint density at radius 2 is 1.48 bits per heavy atom. The Balaban J connectivity index is 1.66. The summed E-state index contributed by atoms with van der Waals surface area (Å²) in [6.45, 7) is 4.47. The van der Waals surface area contributed by atoms with Crippen molar-refractivity contribution in [1.29, 1.82) is 0 Å². The summed E-state index contributed by atoms with van der Waals surface area (Å²) >= 11 is 0. The Hall–Kier alpha value is -0.160. The van der Waals surface area contributed by atoms with E-state index in [-0.39, 0.29) is 22.9 Å². The van der Waals surface area contributed by atoms with Crippen molar-refractivity contribution >= 4 is 0 Å². The molecule has 4 nitrogen and oxygen atoms in total. The molecular weight excluding hydrogens is 292 g/mol. The van der Waals surface area contributed by atoms with E-state index in [1.54, 1.807) is 0 Å². The van der Waals surface area contributed by atoms with Crippen LogP contribution in [0.2, 0.25) is 0 Å². The smallest absolute Gasteiger partial charge is 0.107 e. The third-order valence-electron chi connectivity index (χ3n) is 8.65. The zero-order valence-corrected chi connectivity index (χ0v) is 14.4. The van der Waals surface area contributed by atoms with Crippen LogP contribution < -0.4 is 0 Å². The molecule has 0 amide bonds. The van der Waals surface area contributed by atoms with Crippen molar-refractivity contribution in [3.63, 3.8) is 0 Å². The zero-order chi connectivity index (χ0) is 16.6. The highest BCUT2D eigenvalue weighted by Crippen LogP contribution is 2.66. The molecule has 0 radical (unpaired) electrons. The lowest BCUT2D eigenvalue weighted by molar-refractivity contribution is -0.145. The minimum absolute atomic E-state index is 0.0101. The van der Waals surface area contributed by atoms with Gasteiger partial charge in [-0.15, -0.1) is 0 Å². The van der Waals surface area contributed by atoms with Crippen molar-refractivity contribution in [2.45, 2.75) is 83.2 Å². The fourth-order valence-corrected chi connectivity index (χ4v) is 7.29. The molecule has 0 spiro atoms. The number of hydrogen-bond donors (Lipinski definition) is 4. The van der Waals surface area contributed by atoms with Crippen molar-refractivity contribution in [3.8, 4) is 0 Å². The minimum Gasteiger partial charge on any atom is -0.393 e. The summed E-state index contributed by atoms with van der Waals surface area (Å²) in [7, 11) is 0. The van der Waals surface area contributed by atoms with Gasteiger partial charge in [-0.3, -0.25) is 0 Å². The number of fused-ring (bicyclic) bond motifs is 5. The molecule has 132 valence electrons. The molecule has 0 saturated heterocycles. The first kappa shape index (κ1) is 16.3. The average molecular weight is 324 g/mol. The fraction of sp³-hybridized carbons (Fsp3) is 1.00. The molecule has 4 heteroatoms. The molecule has 4 saturated carbocycles. The van der Waals surface area contributed by atoms with Gasteiger partial charge in [-0.2, -0.15) is 0 Å². The van der Waals surface area contributed by atoms with Gasteiger partial charge in [0.05, 0.1) is 18.3 Å². The maximum Gasteiger partial charge on any atom is 0.107 e. The Morgan fingerprint density at radius 1 is 0.783 bits per heavy atom. The van der Waals surface area contributed by atoms with E-state index in [4.69, 9.17) is 0 Å². The van der Waals surface area contributed by atoms with E-state index >= 15 is 0 Å². The molecule has 4 N–H and O–H groups in total. The molecule has 4 fully saturated rings. The van der Waals surface area contributed by atoms with Gasteiger partial charge in [-0.1, -0.05) is 13.8 Å². The lowest BCUT2D eigenvalue weighted by Gasteiger charge is -2.60. The van der Waals surface area contributed by atoms with Crippen LogP contribution in [0, 0.1) is 34.5 Å². The fourth-order valence-electron chi connectivity index (χ4n) is 7.29. The minimum atomic E-state index is -0.998. The Bertz CT molecular complexity index is 482. The summed E-state index contributed by atoms with van der Waals surface area (Å²) < 4.78 is 0. The molecule has 0 aliphatic heterocycles. The average Bonchev–Trinajstić information content (AvgIpc) is 2.69. The highest BCUT2D eigenvalue weighted by molar-refractivity contribution is 5.14. The van der Waals surface area contributed by atoms with Gasteiger partial charge in [0.2, 0.25) is 0 Å². The van der Waals surface area contributed by atoms with Gasteiger partial charge in [0.15, 0.2) is 0 Å². The van der Waals surface area contributed by atoms with Crippen molar-refractivity contribution in [1.82, 2.24) is 0 Å². The van der Waals surface area contributed by atoms with Gasteiger partial charge >= 0.3 is 0 Å². The first-order chi connectivity index (χ1) is 10.8. The van der Waals surface area contributed by atoms with Crippen molar-refractivity contribution in [2.75, 3.05) is 0 Å².